The van der Waals surface area contributed by atoms with Gasteiger partial charge >= 0.3 is 0 Å². The minimum atomic E-state index is -0.0193. The lowest BCUT2D eigenvalue weighted by molar-refractivity contribution is -0.126. The number of nitrogens with zero attached hydrogens (tertiary/aromatic N) is 3. The van der Waals surface area contributed by atoms with Crippen molar-refractivity contribution < 1.29 is 9.53 Å². The normalized spacial score (nSPS) is 15.0. The van der Waals surface area contributed by atoms with Gasteiger partial charge < -0.3 is 19.5 Å². The molecule has 152 valence electrons. The molecule has 0 atom stereocenters. The molecule has 1 N–H and O–H groups in total. The third-order valence-corrected chi connectivity index (χ3v) is 5.55. The van der Waals surface area contributed by atoms with E-state index in [1.807, 2.05) is 25.1 Å². The molecule has 0 radical (unpaired) electrons. The van der Waals surface area contributed by atoms with Crippen molar-refractivity contribution in [3.8, 4) is 11.4 Å². The van der Waals surface area contributed by atoms with Gasteiger partial charge in [-0.05, 0) is 44.0 Å². The van der Waals surface area contributed by atoms with E-state index in [9.17, 15) is 4.79 Å². The van der Waals surface area contributed by atoms with Crippen LogP contribution >= 0.6 is 0 Å². The smallest absolute Gasteiger partial charge is 0.246 e. The second-order valence-electron chi connectivity index (χ2n) is 7.50. The highest BCUT2D eigenvalue weighted by atomic mass is 16.5. The number of nitrogens with one attached hydrogen (secondary N) is 1. The van der Waals surface area contributed by atoms with Crippen LogP contribution < -0.4 is 10.2 Å². The van der Waals surface area contributed by atoms with E-state index in [4.69, 9.17) is 9.72 Å². The molecule has 2 heterocycles. The van der Waals surface area contributed by atoms with Crippen molar-refractivity contribution >= 4 is 22.6 Å². The maximum atomic E-state index is 11.9. The Kier molecular flexibility index (Phi) is 5.81. The summed E-state index contributed by atoms with van der Waals surface area (Å²) in [6, 6.07) is 17.0. The van der Waals surface area contributed by atoms with Crippen molar-refractivity contribution in [1.29, 1.82) is 0 Å². The van der Waals surface area contributed by atoms with Crippen molar-refractivity contribution in [2.24, 2.45) is 7.05 Å². The van der Waals surface area contributed by atoms with Gasteiger partial charge in [-0.25, -0.2) is 4.98 Å². The molecule has 1 fully saturated rings. The third kappa shape index (κ3) is 4.27. The molecule has 1 amide bonds. The Labute approximate surface area is 171 Å². The van der Waals surface area contributed by atoms with Crippen LogP contribution in [-0.2, 0) is 16.6 Å². The summed E-state index contributed by atoms with van der Waals surface area (Å²) in [6.45, 7) is 4.45. The summed E-state index contributed by atoms with van der Waals surface area (Å²) in [7, 11) is 2.06. The van der Waals surface area contributed by atoms with Gasteiger partial charge in [-0.1, -0.05) is 24.3 Å². The monoisotopic (exact) mass is 392 g/mol. The second-order valence-corrected chi connectivity index (χ2v) is 7.50. The lowest BCUT2D eigenvalue weighted by atomic mass is 10.0. The number of carbonyl (C=O) groups is 1. The number of amides is 1. The van der Waals surface area contributed by atoms with Crippen LogP contribution in [0.2, 0.25) is 0 Å². The average molecular weight is 393 g/mol. The zero-order chi connectivity index (χ0) is 20.2. The second kappa shape index (κ2) is 8.66. The van der Waals surface area contributed by atoms with E-state index in [1.54, 1.807) is 0 Å². The van der Waals surface area contributed by atoms with E-state index in [0.717, 1.165) is 48.4 Å². The van der Waals surface area contributed by atoms with Crippen LogP contribution in [0.4, 0.5) is 5.69 Å². The number of aryl methyl sites for hydroxylation is 1. The maximum Gasteiger partial charge on any atom is 0.246 e. The molecule has 1 aliphatic rings. The van der Waals surface area contributed by atoms with Gasteiger partial charge in [0, 0.05) is 44.0 Å². The molecule has 29 heavy (non-hydrogen) atoms. The highest BCUT2D eigenvalue weighted by Crippen LogP contribution is 2.28. The Hall–Kier alpha value is -2.86. The zero-order valence-electron chi connectivity index (χ0n) is 17.1. The number of fused-ring (bicyclic) bond motifs is 1. The minimum absolute atomic E-state index is 0.0193. The van der Waals surface area contributed by atoms with Crippen LogP contribution in [0, 0.1) is 0 Å². The standard InChI is InChI=1S/C23H28N4O2/c1-3-29-16-22(28)24-18-11-13-27(14-12-18)19-8-6-7-17(15-19)23-25-20-9-4-5-10-21(20)26(23)2/h4-10,15,18H,3,11-14,16H2,1-2H3,(H,24,28). The zero-order valence-corrected chi connectivity index (χ0v) is 17.1. The van der Waals surface area contributed by atoms with E-state index in [0.29, 0.717) is 6.61 Å². The minimum Gasteiger partial charge on any atom is -0.372 e. The predicted octanol–water partition coefficient (Wildman–Crippen LogP) is 3.36. The van der Waals surface area contributed by atoms with Gasteiger partial charge in [-0.3, -0.25) is 4.79 Å². The first-order valence-corrected chi connectivity index (χ1v) is 10.3. The fourth-order valence-electron chi connectivity index (χ4n) is 3.99. The number of hydrogen-bond acceptors (Lipinski definition) is 4. The molecule has 3 aromatic rings. The number of anilines is 1. The Bertz CT molecular complexity index is 989. The van der Waals surface area contributed by atoms with E-state index < -0.39 is 0 Å². The van der Waals surface area contributed by atoms with Crippen LogP contribution in [0.25, 0.3) is 22.4 Å². The average Bonchev–Trinajstić information content (AvgIpc) is 3.10. The Morgan fingerprint density at radius 1 is 1.17 bits per heavy atom. The van der Waals surface area contributed by atoms with Crippen LogP contribution in [0.3, 0.4) is 0 Å². The fraction of sp³-hybridized carbons (Fsp3) is 0.391. The molecule has 0 saturated carbocycles. The molecule has 6 heteroatoms. The summed E-state index contributed by atoms with van der Waals surface area (Å²) in [5.41, 5.74) is 4.47. The molecular formula is C23H28N4O2. The van der Waals surface area contributed by atoms with Crippen LogP contribution in [0.1, 0.15) is 19.8 Å². The first-order valence-electron chi connectivity index (χ1n) is 10.3. The van der Waals surface area contributed by atoms with Crippen molar-refractivity contribution in [2.75, 3.05) is 31.2 Å². The van der Waals surface area contributed by atoms with Crippen molar-refractivity contribution in [1.82, 2.24) is 14.9 Å². The third-order valence-electron chi connectivity index (χ3n) is 5.55. The number of rotatable bonds is 6. The largest absolute Gasteiger partial charge is 0.372 e. The van der Waals surface area contributed by atoms with Crippen LogP contribution in [0.15, 0.2) is 48.5 Å². The first-order chi connectivity index (χ1) is 14.2. The summed E-state index contributed by atoms with van der Waals surface area (Å²) < 4.78 is 7.33. The van der Waals surface area contributed by atoms with Crippen LogP contribution in [0.5, 0.6) is 0 Å². The van der Waals surface area contributed by atoms with E-state index >= 15 is 0 Å². The van der Waals surface area contributed by atoms with E-state index in [1.165, 1.54) is 5.69 Å². The number of carbonyl (C=O) groups excluding carboxylic acids is 1. The fourth-order valence-corrected chi connectivity index (χ4v) is 3.99. The number of benzene rings is 2. The number of para-hydroxylation sites is 2. The quantitative estimate of drug-likeness (QED) is 0.699. The molecule has 1 aliphatic heterocycles. The molecule has 0 bridgehead atoms. The van der Waals surface area contributed by atoms with E-state index in [2.05, 4.69) is 52.2 Å². The molecule has 0 unspecified atom stereocenters. The van der Waals surface area contributed by atoms with Crippen LogP contribution in [-0.4, -0.2) is 47.8 Å². The van der Waals surface area contributed by atoms with Crippen molar-refractivity contribution in [3.05, 3.63) is 48.5 Å². The predicted molar refractivity (Wildman–Crippen MR) is 116 cm³/mol. The SMILES string of the molecule is CCOCC(=O)NC1CCN(c2cccc(-c3nc4ccccc4n3C)c2)CC1. The number of aromatic nitrogens is 2. The number of imidazole rings is 1. The number of hydrogen-bond donors (Lipinski definition) is 1. The molecule has 4 rings (SSSR count). The van der Waals surface area contributed by atoms with Crippen molar-refractivity contribution in [3.63, 3.8) is 0 Å². The molecule has 6 nitrogen and oxygen atoms in total. The molecule has 1 aromatic heterocycles. The summed E-state index contributed by atoms with van der Waals surface area (Å²) in [5, 5.41) is 3.08. The van der Waals surface area contributed by atoms with Gasteiger partial charge in [0.05, 0.1) is 11.0 Å². The number of piperidine rings is 1. The summed E-state index contributed by atoms with van der Waals surface area (Å²) in [4.78, 5) is 19.1. The first kappa shape index (κ1) is 19.5. The van der Waals surface area contributed by atoms with Gasteiger partial charge in [0.2, 0.25) is 5.91 Å². The van der Waals surface area contributed by atoms with Crippen molar-refractivity contribution in [2.45, 2.75) is 25.8 Å². The lowest BCUT2D eigenvalue weighted by Crippen LogP contribution is -2.45. The highest BCUT2D eigenvalue weighted by Gasteiger charge is 2.21. The van der Waals surface area contributed by atoms with E-state index in [-0.39, 0.29) is 18.6 Å². The Morgan fingerprint density at radius 2 is 1.97 bits per heavy atom. The lowest BCUT2D eigenvalue weighted by Gasteiger charge is -2.34. The van der Waals surface area contributed by atoms with Gasteiger partial charge in [0.15, 0.2) is 0 Å². The summed E-state index contributed by atoms with van der Waals surface area (Å²) in [5.74, 6) is 0.959. The topological polar surface area (TPSA) is 59.4 Å². The number of ether oxygens (including phenoxy) is 1. The Balaban J connectivity index is 1.44. The molecular weight excluding hydrogens is 364 g/mol. The van der Waals surface area contributed by atoms with Gasteiger partial charge in [0.25, 0.3) is 0 Å². The summed E-state index contributed by atoms with van der Waals surface area (Å²) in [6.07, 6.45) is 1.88. The van der Waals surface area contributed by atoms with Gasteiger partial charge in [0.1, 0.15) is 12.4 Å². The molecule has 0 spiro atoms. The molecule has 0 aliphatic carbocycles. The maximum absolute atomic E-state index is 11.9. The van der Waals surface area contributed by atoms with Gasteiger partial charge in [-0.15, -0.1) is 0 Å². The highest BCUT2D eigenvalue weighted by molar-refractivity contribution is 5.81. The molecule has 1 saturated heterocycles. The van der Waals surface area contributed by atoms with Gasteiger partial charge in [-0.2, -0.15) is 0 Å². The molecule has 2 aromatic carbocycles. The summed E-state index contributed by atoms with van der Waals surface area (Å²) >= 11 is 0. The Morgan fingerprint density at radius 3 is 2.72 bits per heavy atom.